The molecule has 0 unspecified atom stereocenters. The minimum atomic E-state index is -0.398. The molecule has 6 aromatic rings. The molecule has 0 saturated heterocycles. The zero-order valence-electron chi connectivity index (χ0n) is 25.8. The minimum absolute atomic E-state index is 0.235. The van der Waals surface area contributed by atoms with E-state index in [4.69, 9.17) is 10.2 Å². The summed E-state index contributed by atoms with van der Waals surface area (Å²) in [7, 11) is 0. The number of fused-ring (bicyclic) bond motifs is 10. The monoisotopic (exact) mass is 562 g/mol. The van der Waals surface area contributed by atoms with Gasteiger partial charge in [-0.05, 0) is 46.5 Å². The van der Waals surface area contributed by atoms with Crippen LogP contribution in [0.3, 0.4) is 0 Å². The number of nitrogens with zero attached hydrogens (tertiary/aromatic N) is 4. The van der Waals surface area contributed by atoms with E-state index < -0.39 is 10.8 Å². The van der Waals surface area contributed by atoms with Gasteiger partial charge in [0.05, 0.1) is 22.8 Å². The number of hydrogen-bond donors (Lipinski definition) is 0. The highest BCUT2D eigenvalue weighted by atomic mass is 15.3. The van der Waals surface area contributed by atoms with Gasteiger partial charge in [-0.1, -0.05) is 126 Å². The first-order valence-corrected chi connectivity index (χ1v) is 15.1. The average molecular weight is 563 g/mol. The van der Waals surface area contributed by atoms with Crippen LogP contribution in [0.2, 0.25) is 0 Å². The quantitative estimate of drug-likeness (QED) is 0.211. The third kappa shape index (κ3) is 4.27. The fraction of sp³-hybridized carbons (Fsp3) is 0.231. The van der Waals surface area contributed by atoms with E-state index in [1.807, 2.05) is 0 Å². The molecule has 0 amide bonds. The van der Waals surface area contributed by atoms with Crippen LogP contribution in [0.25, 0.3) is 33.6 Å². The van der Waals surface area contributed by atoms with Gasteiger partial charge in [-0.3, -0.25) is 0 Å². The Kier molecular flexibility index (Phi) is 6.10. The van der Waals surface area contributed by atoms with Crippen LogP contribution < -0.4 is 0 Å². The van der Waals surface area contributed by atoms with Crippen molar-refractivity contribution < 1.29 is 0 Å². The molecule has 4 aromatic carbocycles. The molecule has 2 aromatic heterocycles. The van der Waals surface area contributed by atoms with Crippen molar-refractivity contribution in [3.63, 3.8) is 0 Å². The Balaban J connectivity index is 1.58. The number of aromatic nitrogens is 4. The van der Waals surface area contributed by atoms with Gasteiger partial charge in [-0.15, -0.1) is 0 Å². The molecule has 43 heavy (non-hydrogen) atoms. The third-order valence-corrected chi connectivity index (χ3v) is 10.0. The normalized spacial score (nSPS) is 16.2. The Bertz CT molecular complexity index is 1800. The summed E-state index contributed by atoms with van der Waals surface area (Å²) < 4.78 is 4.14. The zero-order chi connectivity index (χ0) is 30.0. The molecule has 214 valence electrons. The van der Waals surface area contributed by atoms with Crippen LogP contribution in [0.1, 0.15) is 64.1 Å². The van der Waals surface area contributed by atoms with Crippen molar-refractivity contribution >= 4 is 0 Å². The Morgan fingerprint density at radius 2 is 0.860 bits per heavy atom. The van der Waals surface area contributed by atoms with E-state index in [1.165, 1.54) is 11.1 Å². The largest absolute Gasteiger partial charge is 0.240 e. The first-order chi connectivity index (χ1) is 20.6. The van der Waals surface area contributed by atoms with E-state index in [1.54, 1.807) is 0 Å². The van der Waals surface area contributed by atoms with Gasteiger partial charge in [0.2, 0.25) is 0 Å². The summed E-state index contributed by atoms with van der Waals surface area (Å²) in [4.78, 5) is 0. The van der Waals surface area contributed by atoms with E-state index in [9.17, 15) is 0 Å². The van der Waals surface area contributed by atoms with Crippen molar-refractivity contribution in [2.75, 3.05) is 0 Å². The van der Waals surface area contributed by atoms with Gasteiger partial charge in [-0.2, -0.15) is 10.2 Å². The first-order valence-electron chi connectivity index (χ1n) is 15.1. The number of hydrogen-bond acceptors (Lipinski definition) is 2. The molecule has 1 aliphatic heterocycles. The van der Waals surface area contributed by atoms with E-state index in [0.717, 1.165) is 45.0 Å². The molecule has 0 aliphatic carbocycles. The van der Waals surface area contributed by atoms with Gasteiger partial charge >= 0.3 is 0 Å². The second-order valence-corrected chi connectivity index (χ2v) is 13.4. The molecule has 0 spiro atoms. The third-order valence-electron chi connectivity index (χ3n) is 10.0. The lowest BCUT2D eigenvalue weighted by molar-refractivity contribution is 0.287. The predicted molar refractivity (Wildman–Crippen MR) is 176 cm³/mol. The highest BCUT2D eigenvalue weighted by Crippen LogP contribution is 2.49. The molecule has 0 fully saturated rings. The maximum atomic E-state index is 5.40. The van der Waals surface area contributed by atoms with Gasteiger partial charge < -0.3 is 0 Å². The summed E-state index contributed by atoms with van der Waals surface area (Å²) in [6.45, 7) is 13.9. The van der Waals surface area contributed by atoms with Crippen LogP contribution >= 0.6 is 0 Å². The van der Waals surface area contributed by atoms with E-state index in [0.29, 0.717) is 0 Å². The van der Waals surface area contributed by atoms with Crippen LogP contribution in [0, 0.1) is 0 Å². The molecule has 8 bridgehead atoms. The molecule has 7 rings (SSSR count). The van der Waals surface area contributed by atoms with E-state index in [2.05, 4.69) is 172 Å². The molecular formula is C39H38N4. The topological polar surface area (TPSA) is 35.6 Å². The van der Waals surface area contributed by atoms with Crippen LogP contribution in [0.4, 0.5) is 0 Å². The van der Waals surface area contributed by atoms with Crippen LogP contribution in [0.5, 0.6) is 0 Å². The van der Waals surface area contributed by atoms with Crippen molar-refractivity contribution in [1.82, 2.24) is 19.6 Å². The van der Waals surface area contributed by atoms with Crippen LogP contribution in [-0.2, 0) is 16.2 Å². The van der Waals surface area contributed by atoms with Crippen LogP contribution in [-0.4, -0.2) is 19.6 Å². The lowest BCUT2D eigenvalue weighted by Crippen LogP contribution is -2.42. The van der Waals surface area contributed by atoms with Gasteiger partial charge in [0.15, 0.2) is 0 Å². The lowest BCUT2D eigenvalue weighted by atomic mass is 9.62. The Morgan fingerprint density at radius 1 is 0.465 bits per heavy atom. The van der Waals surface area contributed by atoms with E-state index in [-0.39, 0.29) is 5.41 Å². The second-order valence-electron chi connectivity index (χ2n) is 13.4. The smallest absolute Gasteiger partial charge is 0.0772 e. The highest BCUT2D eigenvalue weighted by Gasteiger charge is 2.46. The van der Waals surface area contributed by atoms with Crippen molar-refractivity contribution in [2.24, 2.45) is 0 Å². The van der Waals surface area contributed by atoms with E-state index >= 15 is 0 Å². The van der Waals surface area contributed by atoms with Gasteiger partial charge in [0, 0.05) is 39.8 Å². The molecule has 0 atom stereocenters. The molecule has 0 radical (unpaired) electrons. The van der Waals surface area contributed by atoms with Crippen molar-refractivity contribution in [2.45, 2.75) is 57.8 Å². The van der Waals surface area contributed by atoms with Crippen LogP contribution in [0.15, 0.2) is 122 Å². The lowest BCUT2D eigenvalue weighted by Gasteiger charge is -2.40. The Hall–Kier alpha value is -4.70. The van der Waals surface area contributed by atoms with Gasteiger partial charge in [0.1, 0.15) is 0 Å². The molecule has 4 nitrogen and oxygen atoms in total. The fourth-order valence-corrected chi connectivity index (χ4v) is 6.43. The second kappa shape index (κ2) is 9.67. The van der Waals surface area contributed by atoms with Gasteiger partial charge in [-0.25, -0.2) is 9.36 Å². The summed E-state index contributed by atoms with van der Waals surface area (Å²) in [5.74, 6) is 0. The summed E-state index contributed by atoms with van der Waals surface area (Å²) >= 11 is 0. The summed E-state index contributed by atoms with van der Waals surface area (Å²) in [6, 6.07) is 38.9. The van der Waals surface area contributed by atoms with Crippen molar-refractivity contribution in [3.05, 3.63) is 144 Å². The summed E-state index contributed by atoms with van der Waals surface area (Å²) in [6.07, 6.45) is 4.41. The average Bonchev–Trinajstić information content (AvgIpc) is 3.69. The maximum absolute atomic E-state index is 5.40. The molecule has 0 saturated carbocycles. The minimum Gasteiger partial charge on any atom is -0.240 e. The Morgan fingerprint density at radius 3 is 1.26 bits per heavy atom. The summed E-state index contributed by atoms with van der Waals surface area (Å²) in [5.41, 5.74) is 10.3. The summed E-state index contributed by atoms with van der Waals surface area (Å²) in [5, 5.41) is 10.8. The predicted octanol–water partition coefficient (Wildman–Crippen LogP) is 9.29. The SMILES string of the molecule is CC1(C)c2cccc(c2)-n2cc(-c3ccccc3)c(n2)C(C)(C)C(C)(C)c2nn(cc2-c2ccccc2)-c2cccc1c2. The fourth-order valence-electron chi connectivity index (χ4n) is 6.43. The molecule has 0 N–H and O–H groups in total. The first kappa shape index (κ1) is 27.2. The Labute approximate surface area is 254 Å². The number of benzene rings is 4. The highest BCUT2D eigenvalue weighted by molar-refractivity contribution is 5.71. The molecule has 4 heteroatoms. The van der Waals surface area contributed by atoms with Crippen molar-refractivity contribution in [1.29, 1.82) is 0 Å². The molecular weight excluding hydrogens is 524 g/mol. The molecule has 3 heterocycles. The standard InChI is InChI=1S/C39H38N4/c1-37(2)29-19-13-21-31(23-29)42-25-33(27-15-9-7-10-16-27)35(40-42)38(3,4)39(5,6)36-34(28-17-11-8-12-18-28)26-43(41-36)32-22-14-20-30(37)24-32/h7-26H,1-6H3. The zero-order valence-corrected chi connectivity index (χ0v) is 25.8. The van der Waals surface area contributed by atoms with Crippen molar-refractivity contribution in [3.8, 4) is 33.6 Å². The number of rotatable bonds is 2. The molecule has 1 aliphatic rings. The van der Waals surface area contributed by atoms with Gasteiger partial charge in [0.25, 0.3) is 0 Å². The maximum Gasteiger partial charge on any atom is 0.0772 e.